The zero-order valence-electron chi connectivity index (χ0n) is 14.7. The molecule has 2 fully saturated rings. The maximum Gasteiger partial charge on any atom is 0.316 e. The summed E-state index contributed by atoms with van der Waals surface area (Å²) in [6, 6.07) is 18.1. The first-order valence-electron chi connectivity index (χ1n) is 8.87. The Bertz CT molecular complexity index is 750. The highest BCUT2D eigenvalue weighted by Crippen LogP contribution is 2.46. The normalized spacial score (nSPS) is 27.6. The number of carbonyl (C=O) groups is 1. The first kappa shape index (κ1) is 19.2. The Morgan fingerprint density at radius 1 is 1.08 bits per heavy atom. The van der Waals surface area contributed by atoms with Crippen LogP contribution in [0.5, 0.6) is 5.75 Å². The van der Waals surface area contributed by atoms with Gasteiger partial charge in [-0.2, -0.15) is 0 Å². The molecule has 0 aromatic heterocycles. The van der Waals surface area contributed by atoms with Crippen molar-refractivity contribution < 1.29 is 9.53 Å². The molecule has 2 heterocycles. The van der Waals surface area contributed by atoms with Crippen LogP contribution < -0.4 is 4.74 Å². The molecule has 2 saturated heterocycles. The lowest BCUT2D eigenvalue weighted by Gasteiger charge is -2.41. The van der Waals surface area contributed by atoms with Gasteiger partial charge >= 0.3 is 5.97 Å². The van der Waals surface area contributed by atoms with E-state index in [4.69, 9.17) is 16.3 Å². The summed E-state index contributed by atoms with van der Waals surface area (Å²) in [5.74, 6) is 0.529. The number of nitrogens with zero attached hydrogens (tertiary/aromatic N) is 1. The van der Waals surface area contributed by atoms with Gasteiger partial charge in [0.05, 0.1) is 5.92 Å². The molecule has 2 aromatic rings. The standard InChI is InChI=1S/C21H22ClNO2.ClH/c1-23-16-11-12-19(23)20(21(24)25-17-5-3-2-4-6-17)18(13-16)14-7-9-15(22)10-8-14;/h2-10,16,18-20H,11-13H2,1H3;1H/t16-,18-,19?,20?;/m1./s1. The molecule has 4 atom stereocenters. The highest BCUT2D eigenvalue weighted by Gasteiger charge is 2.49. The molecular formula is C21H23Cl2NO2. The van der Waals surface area contributed by atoms with Gasteiger partial charge in [-0.1, -0.05) is 41.9 Å². The summed E-state index contributed by atoms with van der Waals surface area (Å²) < 4.78 is 5.74. The summed E-state index contributed by atoms with van der Waals surface area (Å²) in [6.07, 6.45) is 3.20. The number of para-hydroxylation sites is 1. The van der Waals surface area contributed by atoms with Gasteiger partial charge in [0.2, 0.25) is 0 Å². The fraction of sp³-hybridized carbons (Fsp3) is 0.381. The monoisotopic (exact) mass is 391 g/mol. The average Bonchev–Trinajstić information content (AvgIpc) is 2.86. The number of hydrogen-bond acceptors (Lipinski definition) is 3. The van der Waals surface area contributed by atoms with E-state index in [1.54, 1.807) is 0 Å². The van der Waals surface area contributed by atoms with E-state index in [0.29, 0.717) is 11.8 Å². The fourth-order valence-corrected chi connectivity index (χ4v) is 4.64. The van der Waals surface area contributed by atoms with E-state index in [1.165, 1.54) is 5.56 Å². The predicted octanol–water partition coefficient (Wildman–Crippen LogP) is 4.93. The Balaban J connectivity index is 0.00000196. The molecule has 0 radical (unpaired) electrons. The van der Waals surface area contributed by atoms with Crippen LogP contribution in [0.1, 0.15) is 30.7 Å². The molecule has 0 aliphatic carbocycles. The van der Waals surface area contributed by atoms with E-state index in [2.05, 4.69) is 24.1 Å². The van der Waals surface area contributed by atoms with Crippen LogP contribution in [0.2, 0.25) is 5.02 Å². The molecule has 2 unspecified atom stereocenters. The molecule has 0 N–H and O–H groups in total. The zero-order chi connectivity index (χ0) is 17.4. The third-order valence-corrected chi connectivity index (χ3v) is 6.05. The summed E-state index contributed by atoms with van der Waals surface area (Å²) in [5.41, 5.74) is 1.18. The molecule has 5 heteroatoms. The van der Waals surface area contributed by atoms with Gasteiger partial charge in [-0.15, -0.1) is 12.4 Å². The lowest BCUT2D eigenvalue weighted by Crippen LogP contribution is -2.49. The Morgan fingerprint density at radius 2 is 1.77 bits per heavy atom. The number of benzene rings is 2. The van der Waals surface area contributed by atoms with Crippen molar-refractivity contribution in [3.63, 3.8) is 0 Å². The minimum Gasteiger partial charge on any atom is -0.426 e. The van der Waals surface area contributed by atoms with Crippen LogP contribution in [0.25, 0.3) is 0 Å². The smallest absolute Gasteiger partial charge is 0.316 e. The van der Waals surface area contributed by atoms with Crippen molar-refractivity contribution in [3.8, 4) is 5.75 Å². The van der Waals surface area contributed by atoms with E-state index >= 15 is 0 Å². The van der Waals surface area contributed by atoms with Crippen LogP contribution in [0.3, 0.4) is 0 Å². The van der Waals surface area contributed by atoms with Gasteiger partial charge in [-0.25, -0.2) is 0 Å². The highest BCUT2D eigenvalue weighted by molar-refractivity contribution is 6.30. The molecule has 2 aromatic carbocycles. The lowest BCUT2D eigenvalue weighted by atomic mass is 9.76. The summed E-state index contributed by atoms with van der Waals surface area (Å²) in [5, 5.41) is 0.725. The summed E-state index contributed by atoms with van der Waals surface area (Å²) in [7, 11) is 2.14. The fourth-order valence-electron chi connectivity index (χ4n) is 4.51. The molecular weight excluding hydrogens is 369 g/mol. The van der Waals surface area contributed by atoms with Gasteiger partial charge in [-0.3, -0.25) is 9.69 Å². The van der Waals surface area contributed by atoms with E-state index in [9.17, 15) is 4.79 Å². The molecule has 4 rings (SSSR count). The number of rotatable bonds is 3. The second kappa shape index (κ2) is 7.99. The van der Waals surface area contributed by atoms with E-state index in [-0.39, 0.29) is 36.3 Å². The number of halogens is 2. The maximum absolute atomic E-state index is 13.1. The first-order chi connectivity index (χ1) is 12.1. The third-order valence-electron chi connectivity index (χ3n) is 5.80. The minimum absolute atomic E-state index is 0. The van der Waals surface area contributed by atoms with Crippen LogP contribution in [-0.2, 0) is 4.79 Å². The molecule has 2 aliphatic heterocycles. The Hall–Kier alpha value is -1.55. The van der Waals surface area contributed by atoms with Crippen molar-refractivity contribution in [2.75, 3.05) is 7.05 Å². The number of ether oxygens (including phenoxy) is 1. The Morgan fingerprint density at radius 3 is 2.46 bits per heavy atom. The van der Waals surface area contributed by atoms with Crippen LogP contribution in [0.4, 0.5) is 0 Å². The number of esters is 1. The SMILES string of the molecule is CN1C2CC[C@@H]1C[C@H](c1ccc(Cl)cc1)C2C(=O)Oc1ccccc1.Cl. The van der Waals surface area contributed by atoms with Crippen molar-refractivity contribution in [2.45, 2.75) is 37.3 Å². The maximum atomic E-state index is 13.1. The molecule has 26 heavy (non-hydrogen) atoms. The molecule has 2 aliphatic rings. The van der Waals surface area contributed by atoms with Gasteiger partial charge in [0.25, 0.3) is 0 Å². The molecule has 3 nitrogen and oxygen atoms in total. The largest absolute Gasteiger partial charge is 0.426 e. The van der Waals surface area contributed by atoms with Crippen molar-refractivity contribution in [1.29, 1.82) is 0 Å². The van der Waals surface area contributed by atoms with Crippen molar-refractivity contribution in [2.24, 2.45) is 5.92 Å². The van der Waals surface area contributed by atoms with E-state index < -0.39 is 0 Å². The lowest BCUT2D eigenvalue weighted by molar-refractivity contribution is -0.143. The van der Waals surface area contributed by atoms with Crippen LogP contribution in [0, 0.1) is 5.92 Å². The summed E-state index contributed by atoms with van der Waals surface area (Å²) in [4.78, 5) is 15.5. The minimum atomic E-state index is -0.148. The van der Waals surface area contributed by atoms with Gasteiger partial charge < -0.3 is 4.74 Å². The third kappa shape index (κ3) is 3.62. The first-order valence-corrected chi connectivity index (χ1v) is 9.25. The van der Waals surface area contributed by atoms with Crippen molar-refractivity contribution in [1.82, 2.24) is 4.90 Å². The predicted molar refractivity (Wildman–Crippen MR) is 106 cm³/mol. The van der Waals surface area contributed by atoms with Gasteiger partial charge in [0.1, 0.15) is 5.75 Å². The molecule has 138 valence electrons. The molecule has 0 amide bonds. The van der Waals surface area contributed by atoms with Gasteiger partial charge in [-0.05, 0) is 56.1 Å². The summed E-state index contributed by atoms with van der Waals surface area (Å²) >= 11 is 6.05. The van der Waals surface area contributed by atoms with Crippen LogP contribution >= 0.6 is 24.0 Å². The Kier molecular flexibility index (Phi) is 5.91. The zero-order valence-corrected chi connectivity index (χ0v) is 16.2. The van der Waals surface area contributed by atoms with Crippen LogP contribution in [-0.4, -0.2) is 30.0 Å². The van der Waals surface area contributed by atoms with E-state index in [1.807, 2.05) is 42.5 Å². The molecule has 0 spiro atoms. The highest BCUT2D eigenvalue weighted by atomic mass is 35.5. The van der Waals surface area contributed by atoms with E-state index in [0.717, 1.165) is 24.3 Å². The molecule has 0 saturated carbocycles. The number of piperidine rings is 1. The average molecular weight is 392 g/mol. The second-order valence-electron chi connectivity index (χ2n) is 7.12. The number of carbonyl (C=O) groups excluding carboxylic acids is 1. The number of hydrogen-bond donors (Lipinski definition) is 0. The Labute approximate surface area is 165 Å². The topological polar surface area (TPSA) is 29.5 Å². The number of fused-ring (bicyclic) bond motifs is 2. The van der Waals surface area contributed by atoms with Crippen molar-refractivity contribution >= 4 is 30.0 Å². The molecule has 2 bridgehead atoms. The van der Waals surface area contributed by atoms with Crippen molar-refractivity contribution in [3.05, 3.63) is 65.2 Å². The second-order valence-corrected chi connectivity index (χ2v) is 7.55. The van der Waals surface area contributed by atoms with Gasteiger partial charge in [0.15, 0.2) is 0 Å². The van der Waals surface area contributed by atoms with Gasteiger partial charge in [0, 0.05) is 23.0 Å². The van der Waals surface area contributed by atoms with Crippen LogP contribution in [0.15, 0.2) is 54.6 Å². The summed E-state index contributed by atoms with van der Waals surface area (Å²) in [6.45, 7) is 0. The quantitative estimate of drug-likeness (QED) is 0.548.